The van der Waals surface area contributed by atoms with Crippen molar-refractivity contribution in [3.05, 3.63) is 17.1 Å². The van der Waals surface area contributed by atoms with Gasteiger partial charge in [0.2, 0.25) is 0 Å². The molecule has 0 aliphatic rings. The number of hydrogen-bond donors (Lipinski definition) is 2. The van der Waals surface area contributed by atoms with Crippen LogP contribution < -0.4 is 11.2 Å². The predicted molar refractivity (Wildman–Crippen MR) is 49.6 cm³/mol. The van der Waals surface area contributed by atoms with Gasteiger partial charge in [0, 0.05) is 6.20 Å². The van der Waals surface area contributed by atoms with Crippen molar-refractivity contribution in [3.8, 4) is 0 Å². The van der Waals surface area contributed by atoms with E-state index in [4.69, 9.17) is 5.73 Å². The van der Waals surface area contributed by atoms with Gasteiger partial charge in [0.1, 0.15) is 0 Å². The fourth-order valence-electron chi connectivity index (χ4n) is 0.452. The van der Waals surface area contributed by atoms with Gasteiger partial charge in [-0.2, -0.15) is 5.10 Å². The van der Waals surface area contributed by atoms with E-state index >= 15 is 0 Å². The molecule has 11 heavy (non-hydrogen) atoms. The van der Waals surface area contributed by atoms with E-state index in [2.05, 4.69) is 27.1 Å². The summed E-state index contributed by atoms with van der Waals surface area (Å²) in [6, 6.07) is 1.84. The Morgan fingerprint density at radius 2 is 2.73 bits per heavy atom. The van der Waals surface area contributed by atoms with E-state index in [9.17, 15) is 0 Å². The first-order chi connectivity index (χ1) is 5.29. The second-order valence-electron chi connectivity index (χ2n) is 1.65. The van der Waals surface area contributed by atoms with Crippen LogP contribution in [0.3, 0.4) is 0 Å². The summed E-state index contributed by atoms with van der Waals surface area (Å²) in [5.74, 6) is 0. The first kappa shape index (κ1) is 8.09. The van der Waals surface area contributed by atoms with Crippen molar-refractivity contribution in [2.45, 2.75) is 0 Å². The van der Waals surface area contributed by atoms with E-state index < -0.39 is 0 Å². The quantitative estimate of drug-likeness (QED) is 0.396. The number of hydrazone groups is 1. The van der Waals surface area contributed by atoms with Crippen LogP contribution in [0.5, 0.6) is 0 Å². The summed E-state index contributed by atoms with van der Waals surface area (Å²) in [6.45, 7) is 0. The lowest BCUT2D eigenvalue weighted by molar-refractivity contribution is 1.04. The molecule has 58 valence electrons. The Balaban J connectivity index is 2.43. The highest BCUT2D eigenvalue weighted by atomic mass is 32.1. The minimum Gasteiger partial charge on any atom is -0.375 e. The van der Waals surface area contributed by atoms with Crippen LogP contribution in [0.25, 0.3) is 0 Å². The van der Waals surface area contributed by atoms with E-state index in [1.165, 1.54) is 11.5 Å². The fourth-order valence-corrected chi connectivity index (χ4v) is 0.969. The molecule has 0 bridgehead atoms. The topological polar surface area (TPSA) is 63.3 Å². The molecule has 0 atom stereocenters. The third-order valence-corrected chi connectivity index (χ3v) is 1.60. The summed E-state index contributed by atoms with van der Waals surface area (Å²) in [5.41, 5.74) is 7.57. The standard InChI is InChI=1S/C5H6N4S2/c6-5(10)9-7-3-4-1-2-8-11-4/h1-3H,(H3,6,9,10)/b7-3+. The van der Waals surface area contributed by atoms with Gasteiger partial charge in [-0.1, -0.05) is 0 Å². The molecule has 0 unspecified atom stereocenters. The van der Waals surface area contributed by atoms with E-state index in [1.54, 1.807) is 12.4 Å². The van der Waals surface area contributed by atoms with Gasteiger partial charge in [-0.05, 0) is 29.8 Å². The van der Waals surface area contributed by atoms with Gasteiger partial charge in [-0.15, -0.1) is 0 Å². The van der Waals surface area contributed by atoms with Crippen LogP contribution in [0.4, 0.5) is 0 Å². The Labute approximate surface area is 73.3 Å². The van der Waals surface area contributed by atoms with Gasteiger partial charge >= 0.3 is 0 Å². The molecule has 0 radical (unpaired) electrons. The lowest BCUT2D eigenvalue weighted by Gasteiger charge is -1.90. The molecule has 1 heterocycles. The first-order valence-electron chi connectivity index (χ1n) is 2.78. The van der Waals surface area contributed by atoms with Crippen molar-refractivity contribution >= 4 is 35.1 Å². The molecule has 0 saturated carbocycles. The molecule has 1 aromatic heterocycles. The number of rotatable bonds is 2. The molecule has 3 N–H and O–H groups in total. The summed E-state index contributed by atoms with van der Waals surface area (Å²) in [6.07, 6.45) is 3.31. The number of nitrogens with one attached hydrogen (secondary N) is 1. The van der Waals surface area contributed by atoms with Crippen LogP contribution in [0, 0.1) is 0 Å². The summed E-state index contributed by atoms with van der Waals surface area (Å²) in [7, 11) is 0. The van der Waals surface area contributed by atoms with E-state index in [-0.39, 0.29) is 5.11 Å². The maximum atomic E-state index is 5.13. The van der Waals surface area contributed by atoms with Crippen LogP contribution in [0.2, 0.25) is 0 Å². The molecule has 0 amide bonds. The molecule has 0 aliphatic carbocycles. The zero-order valence-corrected chi connectivity index (χ0v) is 7.15. The van der Waals surface area contributed by atoms with Crippen molar-refractivity contribution in [1.82, 2.24) is 9.80 Å². The third kappa shape index (κ3) is 3.06. The minimum absolute atomic E-state index is 0.158. The smallest absolute Gasteiger partial charge is 0.184 e. The van der Waals surface area contributed by atoms with Crippen molar-refractivity contribution < 1.29 is 0 Å². The van der Waals surface area contributed by atoms with Gasteiger partial charge in [0.05, 0.1) is 11.1 Å². The normalized spacial score (nSPS) is 10.2. The second-order valence-corrected chi connectivity index (χ2v) is 2.95. The number of thiocarbonyl (C=S) groups is 1. The number of hydrogen-bond acceptors (Lipinski definition) is 4. The van der Waals surface area contributed by atoms with E-state index in [0.717, 1.165) is 4.88 Å². The zero-order valence-electron chi connectivity index (χ0n) is 5.52. The molecule has 0 spiro atoms. The molecular weight excluding hydrogens is 180 g/mol. The Morgan fingerprint density at radius 1 is 1.91 bits per heavy atom. The van der Waals surface area contributed by atoms with Crippen molar-refractivity contribution in [3.63, 3.8) is 0 Å². The lowest BCUT2D eigenvalue weighted by Crippen LogP contribution is -2.23. The molecule has 0 saturated heterocycles. The number of aromatic nitrogens is 1. The highest BCUT2D eigenvalue weighted by molar-refractivity contribution is 7.80. The Hall–Kier alpha value is -1.01. The Kier molecular flexibility index (Phi) is 2.94. The predicted octanol–water partition coefficient (Wildman–Crippen LogP) is 0.310. The molecule has 0 aromatic carbocycles. The number of nitrogens with zero attached hydrogens (tertiary/aromatic N) is 2. The van der Waals surface area contributed by atoms with Crippen LogP contribution in [-0.4, -0.2) is 15.7 Å². The fraction of sp³-hybridized carbons (Fsp3) is 0. The van der Waals surface area contributed by atoms with Gasteiger partial charge < -0.3 is 5.73 Å². The average Bonchev–Trinajstić information content (AvgIpc) is 2.39. The first-order valence-corrected chi connectivity index (χ1v) is 3.96. The van der Waals surface area contributed by atoms with E-state index in [1.807, 2.05) is 6.07 Å². The summed E-state index contributed by atoms with van der Waals surface area (Å²) in [4.78, 5) is 0.953. The third-order valence-electron chi connectivity index (χ3n) is 0.824. The molecule has 1 aromatic rings. The number of nitrogens with two attached hydrogens (primary N) is 1. The van der Waals surface area contributed by atoms with E-state index in [0.29, 0.717) is 0 Å². The SMILES string of the molecule is NC(=S)N/N=C/c1ccns1. The van der Waals surface area contributed by atoms with Crippen LogP contribution >= 0.6 is 23.8 Å². The van der Waals surface area contributed by atoms with Gasteiger partial charge in [0.15, 0.2) is 5.11 Å². The molecule has 1 rings (SSSR count). The maximum absolute atomic E-state index is 5.13. The lowest BCUT2D eigenvalue weighted by atomic mass is 10.5. The molecule has 4 nitrogen and oxygen atoms in total. The monoisotopic (exact) mass is 186 g/mol. The second kappa shape index (κ2) is 3.99. The van der Waals surface area contributed by atoms with Crippen molar-refractivity contribution in [2.24, 2.45) is 10.8 Å². The van der Waals surface area contributed by atoms with Crippen LogP contribution in [0.1, 0.15) is 4.88 Å². The summed E-state index contributed by atoms with van der Waals surface area (Å²) < 4.78 is 3.88. The van der Waals surface area contributed by atoms with Crippen LogP contribution in [-0.2, 0) is 0 Å². The molecule has 6 heteroatoms. The van der Waals surface area contributed by atoms with Gasteiger partial charge in [-0.3, -0.25) is 5.43 Å². The van der Waals surface area contributed by atoms with Crippen LogP contribution in [0.15, 0.2) is 17.4 Å². The Morgan fingerprint density at radius 3 is 3.27 bits per heavy atom. The highest BCUT2D eigenvalue weighted by Gasteiger charge is 1.86. The summed E-state index contributed by atoms with van der Waals surface area (Å²) in [5, 5.41) is 3.90. The molecular formula is C5H6N4S2. The molecule has 0 fully saturated rings. The van der Waals surface area contributed by atoms with Crippen molar-refractivity contribution in [2.75, 3.05) is 0 Å². The zero-order chi connectivity index (χ0) is 8.10. The minimum atomic E-state index is 0.158. The largest absolute Gasteiger partial charge is 0.375 e. The average molecular weight is 186 g/mol. The molecule has 0 aliphatic heterocycles. The van der Waals surface area contributed by atoms with Gasteiger partial charge in [-0.25, -0.2) is 4.37 Å². The maximum Gasteiger partial charge on any atom is 0.184 e. The highest BCUT2D eigenvalue weighted by Crippen LogP contribution is 1.98. The summed E-state index contributed by atoms with van der Waals surface area (Å²) >= 11 is 5.88. The van der Waals surface area contributed by atoms with Crippen molar-refractivity contribution in [1.29, 1.82) is 0 Å². The Bertz CT molecular complexity index is 253. The van der Waals surface area contributed by atoms with Gasteiger partial charge in [0.25, 0.3) is 0 Å².